The van der Waals surface area contributed by atoms with Crippen LogP contribution in [0.3, 0.4) is 0 Å². The van der Waals surface area contributed by atoms with Crippen molar-refractivity contribution in [3.8, 4) is 0 Å². The van der Waals surface area contributed by atoms with E-state index in [0.717, 1.165) is 25.9 Å². The number of piperazine rings is 1. The largest absolute Gasteiger partial charge is 0.338 e. The summed E-state index contributed by atoms with van der Waals surface area (Å²) in [7, 11) is 0. The van der Waals surface area contributed by atoms with E-state index in [1.807, 2.05) is 23.6 Å². The van der Waals surface area contributed by atoms with E-state index in [4.69, 9.17) is 0 Å². The molecule has 25 heavy (non-hydrogen) atoms. The minimum atomic E-state index is -0.429. The molecule has 2 heterocycles. The van der Waals surface area contributed by atoms with Crippen molar-refractivity contribution in [1.29, 1.82) is 0 Å². The number of hydrogen-bond acceptors (Lipinski definition) is 4. The number of carbonyl (C=O) groups excluding carboxylic acids is 3. The van der Waals surface area contributed by atoms with Gasteiger partial charge in [-0.05, 0) is 19.3 Å². The van der Waals surface area contributed by atoms with Crippen molar-refractivity contribution in [2.24, 2.45) is 5.92 Å². The van der Waals surface area contributed by atoms with Gasteiger partial charge >= 0.3 is 0 Å². The molecule has 0 aromatic carbocycles. The van der Waals surface area contributed by atoms with Gasteiger partial charge in [0.1, 0.15) is 6.04 Å². The third-order valence-electron chi connectivity index (χ3n) is 5.48. The highest BCUT2D eigenvalue weighted by atomic mass is 16.2. The van der Waals surface area contributed by atoms with Crippen LogP contribution in [-0.2, 0) is 14.4 Å². The van der Waals surface area contributed by atoms with Crippen molar-refractivity contribution in [1.82, 2.24) is 20.0 Å². The Kier molecular flexibility index (Phi) is 5.32. The normalized spacial score (nSPS) is 26.9. The van der Waals surface area contributed by atoms with E-state index < -0.39 is 6.04 Å². The van der Waals surface area contributed by atoms with Crippen LogP contribution in [0.1, 0.15) is 40.0 Å². The summed E-state index contributed by atoms with van der Waals surface area (Å²) >= 11 is 0. The number of rotatable bonds is 4. The summed E-state index contributed by atoms with van der Waals surface area (Å²) in [5.41, 5.74) is 0. The molecule has 1 N–H and O–H groups in total. The van der Waals surface area contributed by atoms with Crippen molar-refractivity contribution < 1.29 is 14.4 Å². The van der Waals surface area contributed by atoms with Crippen LogP contribution >= 0.6 is 0 Å². The van der Waals surface area contributed by atoms with Crippen molar-refractivity contribution in [2.75, 3.05) is 32.7 Å². The van der Waals surface area contributed by atoms with Crippen molar-refractivity contribution in [2.45, 2.75) is 58.2 Å². The molecule has 7 heteroatoms. The molecule has 1 aliphatic carbocycles. The highest BCUT2D eigenvalue weighted by Crippen LogP contribution is 2.35. The summed E-state index contributed by atoms with van der Waals surface area (Å²) in [5, 5.41) is 3.24. The Morgan fingerprint density at radius 3 is 2.24 bits per heavy atom. The minimum absolute atomic E-state index is 0.0342. The molecule has 0 aromatic heterocycles. The van der Waals surface area contributed by atoms with Gasteiger partial charge in [-0.2, -0.15) is 0 Å². The molecule has 3 rings (SSSR count). The van der Waals surface area contributed by atoms with Crippen molar-refractivity contribution >= 4 is 17.7 Å². The fourth-order valence-corrected chi connectivity index (χ4v) is 4.00. The second-order valence-corrected chi connectivity index (χ2v) is 7.78. The molecule has 2 atom stereocenters. The summed E-state index contributed by atoms with van der Waals surface area (Å²) in [6.45, 7) is 8.78. The molecule has 0 spiro atoms. The number of nitrogens with one attached hydrogen (secondary N) is 1. The highest BCUT2D eigenvalue weighted by molar-refractivity contribution is 5.88. The van der Waals surface area contributed by atoms with E-state index in [2.05, 4.69) is 5.32 Å². The number of amides is 3. The van der Waals surface area contributed by atoms with E-state index in [-0.39, 0.29) is 29.7 Å². The monoisotopic (exact) mass is 350 g/mol. The van der Waals surface area contributed by atoms with E-state index in [1.54, 1.807) is 4.90 Å². The van der Waals surface area contributed by atoms with Crippen LogP contribution in [0.5, 0.6) is 0 Å². The maximum absolute atomic E-state index is 13.0. The molecule has 1 saturated carbocycles. The predicted octanol–water partition coefficient (Wildman–Crippen LogP) is 0.0546. The van der Waals surface area contributed by atoms with E-state index in [1.165, 1.54) is 6.92 Å². The fraction of sp³-hybridized carbons (Fsp3) is 0.833. The molecule has 2 saturated heterocycles. The Hall–Kier alpha value is -1.63. The SMILES string of the molecule is CC(=O)N1CC(N(C(=O)C(C)C)C2CC2)CC1C(=O)N1CCNCC1. The minimum Gasteiger partial charge on any atom is -0.338 e. The molecule has 7 nitrogen and oxygen atoms in total. The molecular formula is C18H30N4O3. The number of hydrogen-bond donors (Lipinski definition) is 1. The van der Waals surface area contributed by atoms with Gasteiger partial charge in [0.2, 0.25) is 17.7 Å². The van der Waals surface area contributed by atoms with Gasteiger partial charge in [-0.15, -0.1) is 0 Å². The summed E-state index contributed by atoms with van der Waals surface area (Å²) in [4.78, 5) is 43.3. The molecule has 0 aromatic rings. The molecule has 3 fully saturated rings. The lowest BCUT2D eigenvalue weighted by molar-refractivity contribution is -0.143. The number of likely N-dealkylation sites (tertiary alicyclic amines) is 1. The summed E-state index contributed by atoms with van der Waals surface area (Å²) in [6.07, 6.45) is 2.63. The Morgan fingerprint density at radius 2 is 1.72 bits per heavy atom. The third-order valence-corrected chi connectivity index (χ3v) is 5.48. The second-order valence-electron chi connectivity index (χ2n) is 7.78. The first kappa shape index (κ1) is 18.2. The maximum Gasteiger partial charge on any atom is 0.245 e. The van der Waals surface area contributed by atoms with E-state index in [0.29, 0.717) is 32.1 Å². The van der Waals surface area contributed by atoms with E-state index in [9.17, 15) is 14.4 Å². The van der Waals surface area contributed by atoms with Gasteiger partial charge in [0.25, 0.3) is 0 Å². The molecule has 0 bridgehead atoms. The highest BCUT2D eigenvalue weighted by Gasteiger charge is 2.47. The lowest BCUT2D eigenvalue weighted by Gasteiger charge is -2.32. The third kappa shape index (κ3) is 3.81. The van der Waals surface area contributed by atoms with Gasteiger partial charge < -0.3 is 20.0 Å². The molecular weight excluding hydrogens is 320 g/mol. The first-order valence-corrected chi connectivity index (χ1v) is 9.49. The fourth-order valence-electron chi connectivity index (χ4n) is 4.00. The Morgan fingerprint density at radius 1 is 1.08 bits per heavy atom. The first-order valence-electron chi connectivity index (χ1n) is 9.49. The lowest BCUT2D eigenvalue weighted by Crippen LogP contribution is -2.53. The maximum atomic E-state index is 13.0. The van der Waals surface area contributed by atoms with Gasteiger partial charge in [0.05, 0.1) is 6.04 Å². The summed E-state index contributed by atoms with van der Waals surface area (Å²) in [5.74, 6) is 0.0382. The molecule has 2 aliphatic heterocycles. The molecule has 3 aliphatic rings. The van der Waals surface area contributed by atoms with Crippen molar-refractivity contribution in [3.05, 3.63) is 0 Å². The van der Waals surface area contributed by atoms with Gasteiger partial charge in [0, 0.05) is 51.6 Å². The predicted molar refractivity (Wildman–Crippen MR) is 93.7 cm³/mol. The zero-order valence-electron chi connectivity index (χ0n) is 15.5. The summed E-state index contributed by atoms with van der Waals surface area (Å²) < 4.78 is 0. The van der Waals surface area contributed by atoms with Gasteiger partial charge in [-0.25, -0.2) is 0 Å². The van der Waals surface area contributed by atoms with Crippen molar-refractivity contribution in [3.63, 3.8) is 0 Å². The smallest absolute Gasteiger partial charge is 0.245 e. The van der Waals surface area contributed by atoms with Crippen LogP contribution in [-0.4, -0.2) is 83.3 Å². The van der Waals surface area contributed by atoms with Crippen LogP contribution < -0.4 is 5.32 Å². The van der Waals surface area contributed by atoms with Crippen LogP contribution in [0.15, 0.2) is 0 Å². The number of nitrogens with zero attached hydrogens (tertiary/aromatic N) is 3. The molecule has 2 unspecified atom stereocenters. The Balaban J connectivity index is 1.76. The van der Waals surface area contributed by atoms with Gasteiger partial charge in [-0.1, -0.05) is 13.8 Å². The van der Waals surface area contributed by atoms with Gasteiger partial charge in [-0.3, -0.25) is 14.4 Å². The van der Waals surface area contributed by atoms with E-state index >= 15 is 0 Å². The van der Waals surface area contributed by atoms with Crippen LogP contribution in [0.4, 0.5) is 0 Å². The Bertz CT molecular complexity index is 540. The van der Waals surface area contributed by atoms with Crippen LogP contribution in [0, 0.1) is 5.92 Å². The first-order chi connectivity index (χ1) is 11.9. The number of carbonyl (C=O) groups is 3. The average Bonchev–Trinajstić information content (AvgIpc) is 3.32. The zero-order valence-corrected chi connectivity index (χ0v) is 15.5. The van der Waals surface area contributed by atoms with Gasteiger partial charge in [0.15, 0.2) is 0 Å². The topological polar surface area (TPSA) is 73.0 Å². The van der Waals surface area contributed by atoms with Crippen LogP contribution in [0.25, 0.3) is 0 Å². The quantitative estimate of drug-likeness (QED) is 0.778. The molecule has 0 radical (unpaired) electrons. The summed E-state index contributed by atoms with van der Waals surface area (Å²) in [6, 6.07) is -0.174. The zero-order chi connectivity index (χ0) is 18.1. The molecule has 3 amide bonds. The second kappa shape index (κ2) is 7.32. The average molecular weight is 350 g/mol. The Labute approximate surface area is 149 Å². The van der Waals surface area contributed by atoms with Crippen LogP contribution in [0.2, 0.25) is 0 Å². The molecule has 140 valence electrons. The lowest BCUT2D eigenvalue weighted by atomic mass is 10.1. The standard InChI is InChI=1S/C18H30N4O3/c1-12(2)17(24)22(14-4-5-14)15-10-16(21(11-15)13(3)23)18(25)20-8-6-19-7-9-20/h12,14-16,19H,4-11H2,1-3H3.